The van der Waals surface area contributed by atoms with Crippen molar-refractivity contribution in [2.24, 2.45) is 0 Å². The molecule has 228 valence electrons. The molecule has 2 aromatic carbocycles. The third-order valence-corrected chi connectivity index (χ3v) is 6.93. The summed E-state index contributed by atoms with van der Waals surface area (Å²) in [5, 5.41) is 101. The smallest absolute Gasteiger partial charge is 0.355 e. The van der Waals surface area contributed by atoms with E-state index < -0.39 is 90.0 Å². The Morgan fingerprint density at radius 1 is 0.857 bits per heavy atom. The van der Waals surface area contributed by atoms with Gasteiger partial charge in [-0.2, -0.15) is 0 Å². The molecule has 0 bridgehead atoms. The van der Waals surface area contributed by atoms with Gasteiger partial charge in [-0.15, -0.1) is 0 Å². The Kier molecular flexibility index (Phi) is 8.03. The van der Waals surface area contributed by atoms with Gasteiger partial charge in [0.05, 0.1) is 13.2 Å². The van der Waals surface area contributed by atoms with Crippen molar-refractivity contribution in [3.05, 3.63) is 46.6 Å². The van der Waals surface area contributed by atoms with Crippen LogP contribution in [0.4, 0.5) is 0 Å². The van der Waals surface area contributed by atoms with Gasteiger partial charge in [-0.05, 0) is 18.2 Å². The number of rotatable bonds is 6. The maximum absolute atomic E-state index is 12.7. The standard InChI is InChI=1S/C26H28O16/c27-11-2-1-9(3-12(11)28)16-6-14(30)19-13(29)4-10(5-17(19)40-16)41-26(37)24(36)22(34)21(33)18(42-26)8-39-25-23(35)20(32)15(31)7-38-25/h1-6,15,18,20-25,27-29,31-37H,7-8H2/t15-,18-,20+,21+,22+,23+,24-,25-,26-/m0/s1. The molecular formula is C26H28O16. The molecule has 0 spiro atoms. The molecule has 9 atom stereocenters. The first kappa shape index (κ1) is 29.9. The molecule has 2 aliphatic rings. The van der Waals surface area contributed by atoms with Crippen molar-refractivity contribution < 1.29 is 74.4 Å². The second-order valence-corrected chi connectivity index (χ2v) is 9.89. The maximum atomic E-state index is 12.7. The lowest BCUT2D eigenvalue weighted by Crippen LogP contribution is -2.67. The first-order valence-corrected chi connectivity index (χ1v) is 12.5. The molecule has 16 nitrogen and oxygen atoms in total. The molecule has 0 saturated carbocycles. The highest BCUT2D eigenvalue weighted by Gasteiger charge is 2.55. The molecular weight excluding hydrogens is 568 g/mol. The molecule has 1 aromatic heterocycles. The summed E-state index contributed by atoms with van der Waals surface area (Å²) in [6, 6.07) is 6.62. The van der Waals surface area contributed by atoms with Crippen LogP contribution in [-0.4, -0.2) is 119 Å². The number of phenols is 3. The van der Waals surface area contributed by atoms with Gasteiger partial charge >= 0.3 is 5.97 Å². The van der Waals surface area contributed by atoms with E-state index in [0.29, 0.717) is 0 Å². The van der Waals surface area contributed by atoms with Crippen LogP contribution in [0.25, 0.3) is 22.3 Å². The van der Waals surface area contributed by atoms with E-state index in [4.69, 9.17) is 23.4 Å². The van der Waals surface area contributed by atoms with Gasteiger partial charge < -0.3 is 74.4 Å². The molecule has 2 aliphatic heterocycles. The Balaban J connectivity index is 1.40. The number of ether oxygens (including phenoxy) is 4. The Bertz CT molecular complexity index is 1510. The molecule has 2 fully saturated rings. The summed E-state index contributed by atoms with van der Waals surface area (Å²) in [6.45, 7) is -1.07. The fourth-order valence-corrected chi connectivity index (χ4v) is 4.60. The van der Waals surface area contributed by atoms with E-state index in [1.54, 1.807) is 0 Å². The third-order valence-electron chi connectivity index (χ3n) is 6.93. The Morgan fingerprint density at radius 3 is 2.31 bits per heavy atom. The Labute approximate surface area is 235 Å². The van der Waals surface area contributed by atoms with Gasteiger partial charge in [-0.3, -0.25) is 4.79 Å². The normalized spacial score (nSPS) is 33.5. The molecule has 42 heavy (non-hydrogen) atoms. The Morgan fingerprint density at radius 2 is 1.60 bits per heavy atom. The van der Waals surface area contributed by atoms with Gasteiger partial charge in [0.1, 0.15) is 64.9 Å². The highest BCUT2D eigenvalue weighted by molar-refractivity contribution is 5.86. The lowest BCUT2D eigenvalue weighted by Gasteiger charge is -2.45. The molecule has 10 N–H and O–H groups in total. The number of aliphatic hydroxyl groups excluding tert-OH is 6. The molecule has 3 aromatic rings. The Hall–Kier alpha value is -3.55. The van der Waals surface area contributed by atoms with Gasteiger partial charge in [0.15, 0.2) is 29.3 Å². The number of aromatic hydroxyl groups is 3. The van der Waals surface area contributed by atoms with Crippen LogP contribution in [-0.2, 0) is 14.2 Å². The zero-order valence-electron chi connectivity index (χ0n) is 21.4. The minimum absolute atomic E-state index is 0.0764. The fraction of sp³-hybridized carbons (Fsp3) is 0.423. The van der Waals surface area contributed by atoms with Crippen LogP contribution in [0.3, 0.4) is 0 Å². The van der Waals surface area contributed by atoms with Gasteiger partial charge in [0.25, 0.3) is 0 Å². The van der Waals surface area contributed by atoms with E-state index in [0.717, 1.165) is 30.3 Å². The van der Waals surface area contributed by atoms with Gasteiger partial charge in [-0.25, -0.2) is 0 Å². The lowest BCUT2D eigenvalue weighted by atomic mass is 9.97. The minimum atomic E-state index is -3.07. The van der Waals surface area contributed by atoms with Gasteiger partial charge in [-0.1, -0.05) is 0 Å². The van der Waals surface area contributed by atoms with E-state index in [2.05, 4.69) is 0 Å². The lowest BCUT2D eigenvalue weighted by molar-refractivity contribution is -0.425. The molecule has 5 rings (SSSR count). The second kappa shape index (κ2) is 11.3. The van der Waals surface area contributed by atoms with Crippen LogP contribution in [0.5, 0.6) is 23.0 Å². The van der Waals surface area contributed by atoms with Crippen LogP contribution in [0.15, 0.2) is 45.6 Å². The van der Waals surface area contributed by atoms with Gasteiger partial charge in [0, 0.05) is 23.8 Å². The van der Waals surface area contributed by atoms with Crippen LogP contribution in [0.1, 0.15) is 0 Å². The van der Waals surface area contributed by atoms with Crippen molar-refractivity contribution in [3.63, 3.8) is 0 Å². The van der Waals surface area contributed by atoms with Crippen molar-refractivity contribution in [1.82, 2.24) is 0 Å². The zero-order valence-corrected chi connectivity index (χ0v) is 21.4. The van der Waals surface area contributed by atoms with E-state index in [9.17, 15) is 55.9 Å². The maximum Gasteiger partial charge on any atom is 0.355 e. The quantitative estimate of drug-likeness (QED) is 0.104. The summed E-state index contributed by atoms with van der Waals surface area (Å²) >= 11 is 0. The van der Waals surface area contributed by atoms with Crippen LogP contribution in [0, 0.1) is 0 Å². The number of fused-ring (bicyclic) bond motifs is 1. The fourth-order valence-electron chi connectivity index (χ4n) is 4.60. The van der Waals surface area contributed by atoms with Gasteiger partial charge in [0.2, 0.25) is 0 Å². The predicted molar refractivity (Wildman–Crippen MR) is 135 cm³/mol. The average molecular weight is 596 g/mol. The third kappa shape index (κ3) is 5.48. The largest absolute Gasteiger partial charge is 0.507 e. The SMILES string of the molecule is O=c1cc(-c2ccc(O)c(O)c2)oc2cc(O[C@]3(O)O[C@@H](CO[C@@H]4OC[C@H](O)[C@@H](O)[C@H]4O)[C@@H](O)[C@@H](O)[C@@H]3O)cc(O)c12. The number of aliphatic hydroxyl groups is 7. The van der Waals surface area contributed by atoms with Crippen LogP contribution < -0.4 is 10.2 Å². The number of benzene rings is 2. The zero-order chi connectivity index (χ0) is 30.5. The van der Waals surface area contributed by atoms with E-state index in [1.165, 1.54) is 6.07 Å². The van der Waals surface area contributed by atoms with E-state index in [-0.39, 0.29) is 28.9 Å². The van der Waals surface area contributed by atoms with Crippen LogP contribution >= 0.6 is 0 Å². The number of hydrogen-bond acceptors (Lipinski definition) is 16. The second-order valence-electron chi connectivity index (χ2n) is 9.89. The summed E-state index contributed by atoms with van der Waals surface area (Å²) < 4.78 is 26.8. The molecule has 0 unspecified atom stereocenters. The minimum Gasteiger partial charge on any atom is -0.507 e. The predicted octanol–water partition coefficient (Wildman–Crippen LogP) is -2.46. The molecule has 16 heteroatoms. The number of hydrogen-bond donors (Lipinski definition) is 10. The molecule has 3 heterocycles. The summed E-state index contributed by atoms with van der Waals surface area (Å²) in [5.41, 5.74) is -0.775. The number of phenolic OH excluding ortho intramolecular Hbond substituents is 3. The molecule has 0 radical (unpaired) electrons. The van der Waals surface area contributed by atoms with E-state index >= 15 is 0 Å². The first-order chi connectivity index (χ1) is 19.8. The summed E-state index contributed by atoms with van der Waals surface area (Å²) in [6.07, 6.45) is -14.0. The van der Waals surface area contributed by atoms with Crippen molar-refractivity contribution in [2.75, 3.05) is 13.2 Å². The highest BCUT2D eigenvalue weighted by Crippen LogP contribution is 2.37. The first-order valence-electron chi connectivity index (χ1n) is 12.5. The highest BCUT2D eigenvalue weighted by atomic mass is 16.8. The summed E-state index contributed by atoms with van der Waals surface area (Å²) in [4.78, 5) is 12.7. The molecule has 2 saturated heterocycles. The summed E-state index contributed by atoms with van der Waals surface area (Å²) in [7, 11) is 0. The molecule has 0 aliphatic carbocycles. The van der Waals surface area contributed by atoms with Crippen molar-refractivity contribution >= 4 is 11.0 Å². The molecule has 0 amide bonds. The van der Waals surface area contributed by atoms with Crippen molar-refractivity contribution in [1.29, 1.82) is 0 Å². The monoisotopic (exact) mass is 596 g/mol. The topological polar surface area (TPSA) is 269 Å². The van der Waals surface area contributed by atoms with Crippen molar-refractivity contribution in [2.45, 2.75) is 55.0 Å². The van der Waals surface area contributed by atoms with Crippen molar-refractivity contribution in [3.8, 4) is 34.3 Å². The van der Waals surface area contributed by atoms with E-state index in [1.807, 2.05) is 0 Å². The van der Waals surface area contributed by atoms with Crippen LogP contribution in [0.2, 0.25) is 0 Å². The average Bonchev–Trinajstić information content (AvgIpc) is 2.94. The summed E-state index contributed by atoms with van der Waals surface area (Å²) in [5.74, 6) is -5.14.